The van der Waals surface area contributed by atoms with Crippen molar-refractivity contribution >= 4 is 33.5 Å². The Hall–Kier alpha value is -1.66. The van der Waals surface area contributed by atoms with Crippen molar-refractivity contribution in [2.75, 3.05) is 18.1 Å². The standard InChI is InChI=1S/C19H20BrNO4/c1-2-3-10-24-18(23)15-14-8-9-19(25-14)11-21(17(22)16(15)19)13-7-5-4-6-12(13)20/h4-9,14-16H,2-3,10-11H2,1H3/t14-,15+,16-,19+/m1/s1. The molecule has 5 nitrogen and oxygen atoms in total. The second-order valence-electron chi connectivity index (χ2n) is 6.80. The van der Waals surface area contributed by atoms with Crippen LogP contribution in [0.3, 0.4) is 0 Å². The highest BCUT2D eigenvalue weighted by Gasteiger charge is 2.67. The van der Waals surface area contributed by atoms with Gasteiger partial charge in [-0.2, -0.15) is 0 Å². The van der Waals surface area contributed by atoms with Gasteiger partial charge in [0.15, 0.2) is 0 Å². The van der Waals surface area contributed by atoms with Gasteiger partial charge >= 0.3 is 5.97 Å². The van der Waals surface area contributed by atoms with Crippen LogP contribution >= 0.6 is 15.9 Å². The van der Waals surface area contributed by atoms with E-state index in [0.717, 1.165) is 23.0 Å². The van der Waals surface area contributed by atoms with E-state index in [2.05, 4.69) is 15.9 Å². The average molecular weight is 406 g/mol. The number of fused-ring (bicyclic) bond motifs is 1. The number of esters is 1. The molecule has 3 aliphatic rings. The van der Waals surface area contributed by atoms with Gasteiger partial charge in [-0.05, 0) is 34.5 Å². The average Bonchev–Trinajstić information content (AvgIpc) is 3.24. The number of amides is 1. The third-order valence-electron chi connectivity index (χ3n) is 5.26. The molecule has 2 saturated heterocycles. The minimum atomic E-state index is -0.717. The number of ether oxygens (including phenoxy) is 2. The molecule has 4 rings (SSSR count). The summed E-state index contributed by atoms with van der Waals surface area (Å²) in [6.07, 6.45) is 5.28. The first-order chi connectivity index (χ1) is 12.1. The normalized spacial score (nSPS) is 32.3. The molecule has 2 bridgehead atoms. The number of para-hydroxylation sites is 1. The van der Waals surface area contributed by atoms with Gasteiger partial charge in [-0.1, -0.05) is 37.6 Å². The molecular formula is C19H20BrNO4. The lowest BCUT2D eigenvalue weighted by atomic mass is 9.77. The quantitative estimate of drug-likeness (QED) is 0.429. The Morgan fingerprint density at radius 3 is 3.00 bits per heavy atom. The predicted molar refractivity (Wildman–Crippen MR) is 96.1 cm³/mol. The molecule has 4 atom stereocenters. The summed E-state index contributed by atoms with van der Waals surface area (Å²) >= 11 is 3.51. The van der Waals surface area contributed by atoms with E-state index < -0.39 is 17.4 Å². The van der Waals surface area contributed by atoms with Crippen molar-refractivity contribution in [1.29, 1.82) is 0 Å². The summed E-state index contributed by atoms with van der Waals surface area (Å²) in [5.41, 5.74) is 0.0840. The number of benzene rings is 1. The summed E-state index contributed by atoms with van der Waals surface area (Å²) in [4.78, 5) is 27.5. The summed E-state index contributed by atoms with van der Waals surface area (Å²) in [5, 5.41) is 0. The van der Waals surface area contributed by atoms with Crippen LogP contribution in [0.25, 0.3) is 0 Å². The van der Waals surface area contributed by atoms with Crippen LogP contribution in [0.2, 0.25) is 0 Å². The van der Waals surface area contributed by atoms with E-state index in [-0.39, 0.29) is 18.0 Å². The van der Waals surface area contributed by atoms with Crippen molar-refractivity contribution in [2.45, 2.75) is 31.5 Å². The first-order valence-electron chi connectivity index (χ1n) is 8.67. The van der Waals surface area contributed by atoms with E-state index in [4.69, 9.17) is 9.47 Å². The van der Waals surface area contributed by atoms with Crippen LogP contribution in [0.1, 0.15) is 19.8 Å². The summed E-state index contributed by atoms with van der Waals surface area (Å²) in [6, 6.07) is 7.59. The Balaban J connectivity index is 1.61. The minimum Gasteiger partial charge on any atom is -0.465 e. The van der Waals surface area contributed by atoms with Gasteiger partial charge < -0.3 is 14.4 Å². The maximum Gasteiger partial charge on any atom is 0.312 e. The molecule has 2 fully saturated rings. The second-order valence-corrected chi connectivity index (χ2v) is 7.65. The van der Waals surface area contributed by atoms with E-state index in [1.54, 1.807) is 4.90 Å². The number of carbonyl (C=O) groups is 2. The first-order valence-corrected chi connectivity index (χ1v) is 9.46. The maximum atomic E-state index is 13.2. The fourth-order valence-corrected chi connectivity index (χ4v) is 4.55. The molecule has 1 spiro atoms. The third kappa shape index (κ3) is 2.54. The molecule has 3 heterocycles. The Bertz CT molecular complexity index is 749. The van der Waals surface area contributed by atoms with Crippen LogP contribution in [0.15, 0.2) is 40.9 Å². The third-order valence-corrected chi connectivity index (χ3v) is 5.93. The number of halogens is 1. The number of rotatable bonds is 5. The zero-order valence-electron chi connectivity index (χ0n) is 14.0. The maximum absolute atomic E-state index is 13.2. The van der Waals surface area contributed by atoms with Crippen molar-refractivity contribution in [2.24, 2.45) is 11.8 Å². The summed E-state index contributed by atoms with van der Waals surface area (Å²) in [6.45, 7) is 2.86. The number of hydrogen-bond donors (Lipinski definition) is 0. The smallest absolute Gasteiger partial charge is 0.312 e. The van der Waals surface area contributed by atoms with Gasteiger partial charge in [0.1, 0.15) is 11.5 Å². The van der Waals surface area contributed by atoms with E-state index >= 15 is 0 Å². The fourth-order valence-electron chi connectivity index (χ4n) is 4.06. The van der Waals surface area contributed by atoms with E-state index in [9.17, 15) is 9.59 Å². The Labute approximate surface area is 155 Å². The zero-order valence-corrected chi connectivity index (χ0v) is 15.6. The molecule has 0 aliphatic carbocycles. The van der Waals surface area contributed by atoms with Crippen LogP contribution in [0.4, 0.5) is 5.69 Å². The van der Waals surface area contributed by atoms with Gasteiger partial charge in [0, 0.05) is 4.47 Å². The molecule has 0 unspecified atom stereocenters. The fraction of sp³-hybridized carbons (Fsp3) is 0.474. The van der Waals surface area contributed by atoms with Gasteiger partial charge in [0.05, 0.1) is 30.9 Å². The molecule has 1 amide bonds. The van der Waals surface area contributed by atoms with Gasteiger partial charge in [0.25, 0.3) is 0 Å². The van der Waals surface area contributed by atoms with E-state index in [0.29, 0.717) is 13.2 Å². The molecule has 0 N–H and O–H groups in total. The number of carbonyl (C=O) groups excluding carboxylic acids is 2. The Kier molecular flexibility index (Phi) is 4.20. The van der Waals surface area contributed by atoms with Crippen molar-refractivity contribution in [3.63, 3.8) is 0 Å². The van der Waals surface area contributed by atoms with Crippen LogP contribution < -0.4 is 4.90 Å². The first kappa shape index (κ1) is 16.8. The highest BCUT2D eigenvalue weighted by atomic mass is 79.9. The van der Waals surface area contributed by atoms with Gasteiger partial charge in [-0.15, -0.1) is 0 Å². The topological polar surface area (TPSA) is 55.8 Å². The van der Waals surface area contributed by atoms with E-state index in [1.807, 2.05) is 43.3 Å². The lowest BCUT2D eigenvalue weighted by Gasteiger charge is -2.22. The molecule has 3 aliphatic heterocycles. The molecule has 1 aromatic carbocycles. The Morgan fingerprint density at radius 1 is 1.44 bits per heavy atom. The largest absolute Gasteiger partial charge is 0.465 e. The summed E-state index contributed by atoms with van der Waals surface area (Å²) in [7, 11) is 0. The molecule has 0 aromatic heterocycles. The molecule has 6 heteroatoms. The van der Waals surface area contributed by atoms with Crippen LogP contribution in [-0.4, -0.2) is 36.7 Å². The predicted octanol–water partition coefficient (Wildman–Crippen LogP) is 3.08. The SMILES string of the molecule is CCCCOC(=O)[C@H]1[C@H]2C=C[C@@]3(CN(c4ccccc4Br)C(=O)[C@@H]13)O2. The highest BCUT2D eigenvalue weighted by Crippen LogP contribution is 2.53. The molecule has 1 aromatic rings. The van der Waals surface area contributed by atoms with Crippen LogP contribution in [0.5, 0.6) is 0 Å². The molecule has 0 radical (unpaired) electrons. The monoisotopic (exact) mass is 405 g/mol. The van der Waals surface area contributed by atoms with Crippen LogP contribution in [-0.2, 0) is 19.1 Å². The van der Waals surface area contributed by atoms with Gasteiger partial charge in [0.2, 0.25) is 5.91 Å². The van der Waals surface area contributed by atoms with Crippen molar-refractivity contribution in [1.82, 2.24) is 0 Å². The number of unbranched alkanes of at least 4 members (excludes halogenated alkanes) is 1. The van der Waals surface area contributed by atoms with Crippen LogP contribution in [0, 0.1) is 11.8 Å². The number of anilines is 1. The van der Waals surface area contributed by atoms with Crippen molar-refractivity contribution in [3.8, 4) is 0 Å². The van der Waals surface area contributed by atoms with Crippen molar-refractivity contribution < 1.29 is 19.1 Å². The molecule has 0 saturated carbocycles. The lowest BCUT2D eigenvalue weighted by Crippen LogP contribution is -2.40. The highest BCUT2D eigenvalue weighted by molar-refractivity contribution is 9.10. The van der Waals surface area contributed by atoms with Crippen molar-refractivity contribution in [3.05, 3.63) is 40.9 Å². The van der Waals surface area contributed by atoms with Gasteiger partial charge in [-0.25, -0.2) is 0 Å². The zero-order chi connectivity index (χ0) is 17.6. The lowest BCUT2D eigenvalue weighted by molar-refractivity contribution is -0.152. The number of hydrogen-bond acceptors (Lipinski definition) is 4. The molecule has 132 valence electrons. The summed E-state index contributed by atoms with van der Waals surface area (Å²) < 4.78 is 12.3. The Morgan fingerprint density at radius 2 is 2.24 bits per heavy atom. The van der Waals surface area contributed by atoms with Gasteiger partial charge in [-0.3, -0.25) is 9.59 Å². The second kappa shape index (κ2) is 6.25. The molecule has 25 heavy (non-hydrogen) atoms. The summed E-state index contributed by atoms with van der Waals surface area (Å²) in [5.74, 6) is -1.46. The number of nitrogens with zero attached hydrogens (tertiary/aromatic N) is 1. The van der Waals surface area contributed by atoms with E-state index in [1.165, 1.54) is 0 Å². The minimum absolute atomic E-state index is 0.0730. The molecular weight excluding hydrogens is 386 g/mol.